The van der Waals surface area contributed by atoms with Crippen molar-refractivity contribution in [3.63, 3.8) is 0 Å². The lowest BCUT2D eigenvalue weighted by molar-refractivity contribution is 0.268. The van der Waals surface area contributed by atoms with E-state index in [0.29, 0.717) is 4.99 Å². The highest BCUT2D eigenvalue weighted by molar-refractivity contribution is 8.20. The molecule has 3 nitrogen and oxygen atoms in total. The Kier molecular flexibility index (Phi) is 4.97. The summed E-state index contributed by atoms with van der Waals surface area (Å²) in [6.45, 7) is 4.05. The Labute approximate surface area is 158 Å². The average Bonchev–Trinajstić information content (AvgIpc) is 2.81. The summed E-state index contributed by atoms with van der Waals surface area (Å²) in [5, 5.41) is -0.0499. The average molecular weight is 369 g/mol. The third kappa shape index (κ3) is 3.78. The van der Waals surface area contributed by atoms with Crippen LogP contribution in [0.15, 0.2) is 47.4 Å². The first-order chi connectivity index (χ1) is 11.8. The maximum absolute atomic E-state index is 12.5. The Morgan fingerprint density at radius 3 is 2.20 bits per heavy atom. The van der Waals surface area contributed by atoms with Gasteiger partial charge in [0, 0.05) is 19.8 Å². The van der Waals surface area contributed by atoms with E-state index in [1.165, 1.54) is 11.8 Å². The number of carbonyl (C=O) groups excluding carboxylic acids is 1. The summed E-state index contributed by atoms with van der Waals surface area (Å²) in [5.41, 5.74) is 5.24. The number of benzene rings is 2. The van der Waals surface area contributed by atoms with E-state index >= 15 is 0 Å². The molecule has 1 aliphatic heterocycles. The molecule has 0 N–H and O–H groups in total. The molecule has 0 saturated carbocycles. The van der Waals surface area contributed by atoms with Crippen LogP contribution in [0.25, 0.3) is 6.08 Å². The van der Waals surface area contributed by atoms with Gasteiger partial charge in [0.05, 0.1) is 10.6 Å². The number of thiocarbonyl (C=S) groups is 1. The van der Waals surface area contributed by atoms with Gasteiger partial charge in [0.15, 0.2) is 0 Å². The highest BCUT2D eigenvalue weighted by atomic mass is 32.2. The Morgan fingerprint density at radius 1 is 1.04 bits per heavy atom. The molecule has 1 fully saturated rings. The third-order valence-corrected chi connectivity index (χ3v) is 5.39. The molecule has 0 aliphatic carbocycles. The van der Waals surface area contributed by atoms with E-state index in [-0.39, 0.29) is 5.24 Å². The molecule has 1 amide bonds. The fourth-order valence-corrected chi connectivity index (χ4v) is 4.07. The van der Waals surface area contributed by atoms with Crippen LogP contribution in [0.4, 0.5) is 16.2 Å². The first-order valence-electron chi connectivity index (χ1n) is 7.99. The third-order valence-electron chi connectivity index (χ3n) is 3.97. The van der Waals surface area contributed by atoms with Gasteiger partial charge in [0.2, 0.25) is 0 Å². The van der Waals surface area contributed by atoms with Gasteiger partial charge in [-0.2, -0.15) is 0 Å². The van der Waals surface area contributed by atoms with Crippen molar-refractivity contribution in [2.75, 3.05) is 23.9 Å². The van der Waals surface area contributed by atoms with E-state index in [2.05, 4.69) is 23.1 Å². The van der Waals surface area contributed by atoms with Gasteiger partial charge < -0.3 is 4.90 Å². The van der Waals surface area contributed by atoms with Crippen LogP contribution in [-0.4, -0.2) is 24.3 Å². The van der Waals surface area contributed by atoms with Crippen LogP contribution in [-0.2, 0) is 0 Å². The summed E-state index contributed by atoms with van der Waals surface area (Å²) in [7, 11) is 4.02. The van der Waals surface area contributed by atoms with Crippen LogP contribution in [0.3, 0.4) is 0 Å². The van der Waals surface area contributed by atoms with Crippen LogP contribution in [0.2, 0.25) is 0 Å². The lowest BCUT2D eigenvalue weighted by atomic mass is 10.1. The Bertz CT molecular complexity index is 850. The van der Waals surface area contributed by atoms with E-state index in [0.717, 1.165) is 33.0 Å². The normalized spacial score (nSPS) is 16.0. The molecule has 1 heterocycles. The number of amides is 1. The number of anilines is 2. The second-order valence-corrected chi connectivity index (χ2v) is 7.73. The lowest BCUT2D eigenvalue weighted by Crippen LogP contribution is -2.26. The molecule has 1 aliphatic rings. The summed E-state index contributed by atoms with van der Waals surface area (Å²) in [5.74, 6) is 0. The number of hydrogen-bond acceptors (Lipinski definition) is 4. The Balaban J connectivity index is 1.90. The molecule has 0 spiro atoms. The summed E-state index contributed by atoms with van der Waals surface area (Å²) < 4.78 is 0. The van der Waals surface area contributed by atoms with E-state index in [9.17, 15) is 4.79 Å². The predicted molar refractivity (Wildman–Crippen MR) is 113 cm³/mol. The molecule has 128 valence electrons. The van der Waals surface area contributed by atoms with Crippen LogP contribution in [0, 0.1) is 13.8 Å². The standard InChI is InChI=1S/C20H20N2OS2/c1-13-9-14(2)11-17(10-13)22-19(24)18(25-20(22)23)12-15-5-7-16(8-6-15)21(3)4/h5-12H,1-4H3/b18-12-. The zero-order valence-corrected chi connectivity index (χ0v) is 16.4. The summed E-state index contributed by atoms with van der Waals surface area (Å²) in [6.07, 6.45) is 1.98. The van der Waals surface area contributed by atoms with Crippen molar-refractivity contribution in [1.29, 1.82) is 0 Å². The fraction of sp³-hybridized carbons (Fsp3) is 0.200. The SMILES string of the molecule is Cc1cc(C)cc(N2C(=O)S/C(=C\c3ccc(N(C)C)cc3)C2=S)c1. The smallest absolute Gasteiger partial charge is 0.296 e. The number of hydrogen-bond donors (Lipinski definition) is 0. The maximum Gasteiger partial charge on any atom is 0.296 e. The van der Waals surface area contributed by atoms with E-state index in [1.807, 2.05) is 58.3 Å². The fourth-order valence-electron chi connectivity index (χ4n) is 2.79. The number of thioether (sulfide) groups is 1. The van der Waals surface area contributed by atoms with Gasteiger partial charge in [0.25, 0.3) is 5.24 Å². The van der Waals surface area contributed by atoms with Crippen molar-refractivity contribution >= 4 is 51.7 Å². The number of rotatable bonds is 3. The van der Waals surface area contributed by atoms with E-state index in [4.69, 9.17) is 12.2 Å². The largest absolute Gasteiger partial charge is 0.378 e. The van der Waals surface area contributed by atoms with E-state index in [1.54, 1.807) is 4.90 Å². The van der Waals surface area contributed by atoms with Crippen LogP contribution < -0.4 is 9.80 Å². The topological polar surface area (TPSA) is 23.6 Å². The van der Waals surface area contributed by atoms with Crippen molar-refractivity contribution in [3.8, 4) is 0 Å². The molecular weight excluding hydrogens is 348 g/mol. The summed E-state index contributed by atoms with van der Waals surface area (Å²) in [6, 6.07) is 14.3. The lowest BCUT2D eigenvalue weighted by Gasteiger charge is -2.16. The van der Waals surface area contributed by atoms with Crippen LogP contribution in [0.1, 0.15) is 16.7 Å². The predicted octanol–water partition coefficient (Wildman–Crippen LogP) is 5.41. The minimum absolute atomic E-state index is 0.0499. The molecule has 0 radical (unpaired) electrons. The van der Waals surface area contributed by atoms with Gasteiger partial charge in [-0.1, -0.05) is 30.4 Å². The number of aryl methyl sites for hydroxylation is 2. The highest BCUT2D eigenvalue weighted by Gasteiger charge is 2.33. The van der Waals surface area contributed by atoms with Gasteiger partial charge in [-0.25, -0.2) is 0 Å². The molecule has 1 saturated heterocycles. The second kappa shape index (κ2) is 7.02. The van der Waals surface area contributed by atoms with Gasteiger partial charge in [0.1, 0.15) is 4.99 Å². The van der Waals surface area contributed by atoms with Crippen molar-refractivity contribution in [1.82, 2.24) is 0 Å². The van der Waals surface area contributed by atoms with Crippen molar-refractivity contribution in [2.45, 2.75) is 13.8 Å². The number of nitrogens with zero attached hydrogens (tertiary/aromatic N) is 2. The minimum Gasteiger partial charge on any atom is -0.378 e. The van der Waals surface area contributed by atoms with Crippen molar-refractivity contribution in [2.24, 2.45) is 0 Å². The van der Waals surface area contributed by atoms with Crippen molar-refractivity contribution in [3.05, 3.63) is 64.1 Å². The van der Waals surface area contributed by atoms with Gasteiger partial charge in [-0.3, -0.25) is 9.69 Å². The van der Waals surface area contributed by atoms with E-state index < -0.39 is 0 Å². The van der Waals surface area contributed by atoms with Gasteiger partial charge in [-0.15, -0.1) is 0 Å². The monoisotopic (exact) mass is 368 g/mol. The van der Waals surface area contributed by atoms with Gasteiger partial charge >= 0.3 is 0 Å². The molecule has 5 heteroatoms. The zero-order valence-electron chi connectivity index (χ0n) is 14.7. The molecule has 0 aromatic heterocycles. The second-order valence-electron chi connectivity index (χ2n) is 6.35. The molecule has 0 bridgehead atoms. The summed E-state index contributed by atoms with van der Waals surface area (Å²) >= 11 is 6.77. The molecule has 2 aromatic carbocycles. The molecule has 0 unspecified atom stereocenters. The minimum atomic E-state index is -0.0499. The van der Waals surface area contributed by atoms with Crippen LogP contribution in [0.5, 0.6) is 0 Å². The Hall–Kier alpha value is -2.11. The Morgan fingerprint density at radius 2 is 1.64 bits per heavy atom. The highest BCUT2D eigenvalue weighted by Crippen LogP contribution is 2.37. The van der Waals surface area contributed by atoms with Crippen LogP contribution >= 0.6 is 24.0 Å². The number of carbonyl (C=O) groups is 1. The first kappa shape index (κ1) is 17.7. The molecule has 0 atom stereocenters. The maximum atomic E-state index is 12.5. The van der Waals surface area contributed by atoms with Gasteiger partial charge in [-0.05, 0) is 72.6 Å². The zero-order chi connectivity index (χ0) is 18.1. The quantitative estimate of drug-likeness (QED) is 0.534. The molecule has 3 rings (SSSR count). The molecule has 25 heavy (non-hydrogen) atoms. The molecular formula is C20H20N2OS2. The van der Waals surface area contributed by atoms with Crippen molar-refractivity contribution < 1.29 is 4.79 Å². The summed E-state index contributed by atoms with van der Waals surface area (Å²) in [4.78, 5) is 17.6. The molecule has 2 aromatic rings. The first-order valence-corrected chi connectivity index (χ1v) is 9.21.